The number of aryl methyl sites for hydroxylation is 1. The molecule has 7 heteroatoms. The van der Waals surface area contributed by atoms with E-state index in [0.29, 0.717) is 12.2 Å². The second-order valence-electron chi connectivity index (χ2n) is 3.25. The molecule has 0 amide bonds. The Kier molecular flexibility index (Phi) is 3.83. The summed E-state index contributed by atoms with van der Waals surface area (Å²) in [5, 5.41) is 8.77. The van der Waals surface area contributed by atoms with E-state index >= 15 is 0 Å². The first-order chi connectivity index (χ1) is 6.99. The number of aliphatic hydroxyl groups is 1. The molecule has 6 nitrogen and oxygen atoms in total. The van der Waals surface area contributed by atoms with Gasteiger partial charge in [-0.2, -0.15) is 0 Å². The van der Waals surface area contributed by atoms with Gasteiger partial charge in [-0.25, -0.2) is 18.1 Å². The lowest BCUT2D eigenvalue weighted by Crippen LogP contribution is -2.35. The Labute approximate surface area is 88.8 Å². The topological polar surface area (TPSA) is 95.1 Å². The highest BCUT2D eigenvalue weighted by atomic mass is 32.2. The van der Waals surface area contributed by atoms with Crippen molar-refractivity contribution in [2.45, 2.75) is 31.3 Å². The molecule has 0 saturated carbocycles. The molecular weight excluding hydrogens is 218 g/mol. The van der Waals surface area contributed by atoms with Crippen LogP contribution in [-0.2, 0) is 16.4 Å². The fourth-order valence-electron chi connectivity index (χ4n) is 1.03. The average molecular weight is 233 g/mol. The Morgan fingerprint density at radius 1 is 1.67 bits per heavy atom. The number of aromatic amines is 1. The maximum Gasteiger partial charge on any atom is 0.257 e. The third-order valence-electron chi connectivity index (χ3n) is 1.86. The SMILES string of the molecule is CCc1ncc(S(=O)(=O)N[C@H](C)CO)[nH]1. The van der Waals surface area contributed by atoms with Crippen molar-refractivity contribution in [1.29, 1.82) is 0 Å². The zero-order chi connectivity index (χ0) is 11.5. The van der Waals surface area contributed by atoms with E-state index < -0.39 is 16.1 Å². The van der Waals surface area contributed by atoms with E-state index in [-0.39, 0.29) is 11.6 Å². The number of H-pyrrole nitrogens is 1. The molecule has 0 radical (unpaired) electrons. The molecule has 0 bridgehead atoms. The molecule has 1 heterocycles. The molecule has 0 saturated heterocycles. The zero-order valence-corrected chi connectivity index (χ0v) is 9.50. The van der Waals surface area contributed by atoms with Gasteiger partial charge < -0.3 is 10.1 Å². The van der Waals surface area contributed by atoms with Crippen LogP contribution >= 0.6 is 0 Å². The third kappa shape index (κ3) is 3.01. The predicted molar refractivity (Wildman–Crippen MR) is 54.8 cm³/mol. The molecule has 3 N–H and O–H groups in total. The highest BCUT2D eigenvalue weighted by molar-refractivity contribution is 7.89. The number of imidazole rings is 1. The number of aromatic nitrogens is 2. The molecule has 0 fully saturated rings. The lowest BCUT2D eigenvalue weighted by atomic mass is 10.4. The summed E-state index contributed by atoms with van der Waals surface area (Å²) in [5.41, 5.74) is 0. The third-order valence-corrected chi connectivity index (χ3v) is 3.36. The van der Waals surface area contributed by atoms with Crippen molar-refractivity contribution < 1.29 is 13.5 Å². The average Bonchev–Trinajstić information content (AvgIpc) is 2.65. The van der Waals surface area contributed by atoms with Crippen LogP contribution in [0.25, 0.3) is 0 Å². The van der Waals surface area contributed by atoms with Crippen molar-refractivity contribution in [3.63, 3.8) is 0 Å². The Morgan fingerprint density at radius 2 is 2.33 bits per heavy atom. The fourth-order valence-corrected chi connectivity index (χ4v) is 2.20. The van der Waals surface area contributed by atoms with Crippen molar-refractivity contribution in [1.82, 2.24) is 14.7 Å². The second-order valence-corrected chi connectivity index (χ2v) is 4.94. The van der Waals surface area contributed by atoms with Gasteiger partial charge in [-0.3, -0.25) is 0 Å². The molecule has 1 atom stereocenters. The number of hydrogen-bond acceptors (Lipinski definition) is 4. The molecule has 86 valence electrons. The first-order valence-electron chi connectivity index (χ1n) is 4.66. The number of sulfonamides is 1. The van der Waals surface area contributed by atoms with E-state index in [1.54, 1.807) is 6.92 Å². The molecule has 0 aliphatic heterocycles. The van der Waals surface area contributed by atoms with Crippen LogP contribution in [0.2, 0.25) is 0 Å². The molecule has 0 aliphatic rings. The lowest BCUT2D eigenvalue weighted by Gasteiger charge is -2.09. The van der Waals surface area contributed by atoms with Crippen LogP contribution in [0.15, 0.2) is 11.2 Å². The molecule has 1 aromatic heterocycles. The monoisotopic (exact) mass is 233 g/mol. The van der Waals surface area contributed by atoms with Gasteiger partial charge in [-0.15, -0.1) is 0 Å². The van der Waals surface area contributed by atoms with E-state index in [4.69, 9.17) is 5.11 Å². The number of nitrogens with one attached hydrogen (secondary N) is 2. The van der Waals surface area contributed by atoms with Crippen molar-refractivity contribution in [3.05, 3.63) is 12.0 Å². The minimum Gasteiger partial charge on any atom is -0.395 e. The number of aliphatic hydroxyl groups excluding tert-OH is 1. The standard InChI is InChI=1S/C8H15N3O3S/c1-3-7-9-4-8(10-7)15(13,14)11-6(2)5-12/h4,6,11-12H,3,5H2,1-2H3,(H,9,10)/t6-/m1/s1. The molecule has 0 aromatic carbocycles. The van der Waals surface area contributed by atoms with E-state index in [0.717, 1.165) is 0 Å². The van der Waals surface area contributed by atoms with E-state index in [1.807, 2.05) is 6.92 Å². The van der Waals surface area contributed by atoms with Crippen LogP contribution < -0.4 is 4.72 Å². The van der Waals surface area contributed by atoms with Gasteiger partial charge in [0.15, 0.2) is 5.03 Å². The summed E-state index contributed by atoms with van der Waals surface area (Å²) in [5.74, 6) is 0.618. The van der Waals surface area contributed by atoms with Gasteiger partial charge in [-0.05, 0) is 6.92 Å². The van der Waals surface area contributed by atoms with Gasteiger partial charge in [0.25, 0.3) is 10.0 Å². The number of hydrogen-bond donors (Lipinski definition) is 3. The van der Waals surface area contributed by atoms with E-state index in [2.05, 4.69) is 14.7 Å². The van der Waals surface area contributed by atoms with Gasteiger partial charge in [0.1, 0.15) is 5.82 Å². The highest BCUT2D eigenvalue weighted by Gasteiger charge is 2.18. The minimum atomic E-state index is -3.59. The summed E-state index contributed by atoms with van der Waals surface area (Å²) in [6, 6.07) is -0.511. The van der Waals surface area contributed by atoms with Crippen LogP contribution in [0.3, 0.4) is 0 Å². The Bertz CT molecular complexity index is 413. The van der Waals surface area contributed by atoms with Crippen molar-refractivity contribution in [3.8, 4) is 0 Å². The zero-order valence-electron chi connectivity index (χ0n) is 8.69. The van der Waals surface area contributed by atoms with Gasteiger partial charge in [0, 0.05) is 12.5 Å². The molecule has 1 aromatic rings. The van der Waals surface area contributed by atoms with Gasteiger partial charge in [-0.1, -0.05) is 6.92 Å². The van der Waals surface area contributed by atoms with Crippen LogP contribution in [0, 0.1) is 0 Å². The van der Waals surface area contributed by atoms with E-state index in [1.165, 1.54) is 6.20 Å². The van der Waals surface area contributed by atoms with Gasteiger partial charge >= 0.3 is 0 Å². The van der Waals surface area contributed by atoms with Crippen molar-refractivity contribution in [2.24, 2.45) is 0 Å². The summed E-state index contributed by atoms with van der Waals surface area (Å²) in [6.45, 7) is 3.21. The van der Waals surface area contributed by atoms with Crippen LogP contribution in [-0.4, -0.2) is 36.1 Å². The Hall–Kier alpha value is -0.920. The van der Waals surface area contributed by atoms with Crippen LogP contribution in [0.4, 0.5) is 0 Å². The van der Waals surface area contributed by atoms with Gasteiger partial charge in [0.2, 0.25) is 0 Å². The normalized spacial score (nSPS) is 14.1. The largest absolute Gasteiger partial charge is 0.395 e. The van der Waals surface area contributed by atoms with Crippen LogP contribution in [0.1, 0.15) is 19.7 Å². The summed E-state index contributed by atoms with van der Waals surface area (Å²) in [6.07, 6.45) is 1.91. The summed E-state index contributed by atoms with van der Waals surface area (Å²) >= 11 is 0. The smallest absolute Gasteiger partial charge is 0.257 e. The van der Waals surface area contributed by atoms with Crippen molar-refractivity contribution >= 4 is 10.0 Å². The molecular formula is C8H15N3O3S. The predicted octanol–water partition coefficient (Wildman–Crippen LogP) is -0.369. The fraction of sp³-hybridized carbons (Fsp3) is 0.625. The summed E-state index contributed by atoms with van der Waals surface area (Å²) in [7, 11) is -3.59. The van der Waals surface area contributed by atoms with Gasteiger partial charge in [0.05, 0.1) is 12.8 Å². The Balaban J connectivity index is 2.86. The van der Waals surface area contributed by atoms with Crippen molar-refractivity contribution in [2.75, 3.05) is 6.61 Å². The maximum absolute atomic E-state index is 11.6. The molecule has 1 rings (SSSR count). The Morgan fingerprint density at radius 3 is 2.80 bits per heavy atom. The summed E-state index contributed by atoms with van der Waals surface area (Å²) in [4.78, 5) is 6.59. The lowest BCUT2D eigenvalue weighted by molar-refractivity contribution is 0.265. The quantitative estimate of drug-likeness (QED) is 0.646. The number of rotatable bonds is 5. The molecule has 15 heavy (non-hydrogen) atoms. The van der Waals surface area contributed by atoms with Crippen LogP contribution in [0.5, 0.6) is 0 Å². The first kappa shape index (κ1) is 12.2. The minimum absolute atomic E-state index is 0.0275. The molecule has 0 spiro atoms. The first-order valence-corrected chi connectivity index (χ1v) is 6.15. The molecule has 0 aliphatic carbocycles. The highest BCUT2D eigenvalue weighted by Crippen LogP contribution is 2.06. The maximum atomic E-state index is 11.6. The summed E-state index contributed by atoms with van der Waals surface area (Å²) < 4.78 is 25.6. The van der Waals surface area contributed by atoms with E-state index in [9.17, 15) is 8.42 Å². The second kappa shape index (κ2) is 4.73. The number of nitrogens with zero attached hydrogens (tertiary/aromatic N) is 1. The molecule has 0 unspecified atom stereocenters.